The van der Waals surface area contributed by atoms with Gasteiger partial charge in [0.25, 0.3) is 0 Å². The third-order valence-corrected chi connectivity index (χ3v) is 4.80. The molecule has 3 N–H and O–H groups in total. The van der Waals surface area contributed by atoms with E-state index < -0.39 is 0 Å². The fourth-order valence-electron chi connectivity index (χ4n) is 3.59. The second-order valence-electron chi connectivity index (χ2n) is 6.28. The Hall–Kier alpha value is -3.24. The molecule has 3 heterocycles. The lowest BCUT2D eigenvalue weighted by atomic mass is 9.84. The number of rotatable bonds is 4. The first-order valence-electron chi connectivity index (χ1n) is 8.34. The van der Waals surface area contributed by atoms with Crippen LogP contribution < -0.4 is 10.5 Å². The molecule has 0 unspecified atom stereocenters. The highest BCUT2D eigenvalue weighted by atomic mass is 16.5. The number of ether oxygens (including phenoxy) is 2. The smallest absolute Gasteiger partial charge is 0.244 e. The second kappa shape index (κ2) is 6.24. The molecule has 132 valence electrons. The van der Waals surface area contributed by atoms with Gasteiger partial charge in [-0.3, -0.25) is 5.10 Å². The van der Waals surface area contributed by atoms with E-state index in [1.807, 2.05) is 19.1 Å². The maximum absolute atomic E-state index is 9.74. The molecule has 1 aliphatic rings. The van der Waals surface area contributed by atoms with Gasteiger partial charge in [-0.05, 0) is 18.6 Å². The molecule has 0 spiro atoms. The SMILES string of the molecule is COCCn1cc([C@@H]2C(C#N)=C(N)Oc3n[nH]c(C)c32)c2ccccc21. The molecule has 7 nitrogen and oxygen atoms in total. The van der Waals surface area contributed by atoms with Gasteiger partial charge in [-0.2, -0.15) is 5.26 Å². The first kappa shape index (κ1) is 16.2. The molecular weight excluding hydrogens is 330 g/mol. The molecule has 1 atom stereocenters. The Kier molecular flexibility index (Phi) is 3.90. The number of nitrogens with zero attached hydrogens (tertiary/aromatic N) is 3. The Morgan fingerprint density at radius 1 is 1.42 bits per heavy atom. The first-order valence-corrected chi connectivity index (χ1v) is 8.34. The van der Waals surface area contributed by atoms with Gasteiger partial charge >= 0.3 is 0 Å². The molecule has 0 saturated carbocycles. The summed E-state index contributed by atoms with van der Waals surface area (Å²) in [6, 6.07) is 10.4. The van der Waals surface area contributed by atoms with E-state index in [2.05, 4.69) is 39.2 Å². The maximum Gasteiger partial charge on any atom is 0.244 e. The number of H-pyrrole nitrogens is 1. The summed E-state index contributed by atoms with van der Waals surface area (Å²) in [7, 11) is 1.68. The summed E-state index contributed by atoms with van der Waals surface area (Å²) in [4.78, 5) is 0. The lowest BCUT2D eigenvalue weighted by molar-refractivity contribution is 0.188. The molecule has 2 aromatic heterocycles. The van der Waals surface area contributed by atoms with Gasteiger partial charge in [0.05, 0.1) is 12.5 Å². The van der Waals surface area contributed by atoms with Gasteiger partial charge in [0.15, 0.2) is 0 Å². The number of aromatic nitrogens is 3. The predicted molar refractivity (Wildman–Crippen MR) is 96.4 cm³/mol. The van der Waals surface area contributed by atoms with Crippen LogP contribution in [0.15, 0.2) is 41.9 Å². The first-order chi connectivity index (χ1) is 12.7. The predicted octanol–water partition coefficient (Wildman–Crippen LogP) is 2.54. The number of hydrogen-bond acceptors (Lipinski definition) is 5. The van der Waals surface area contributed by atoms with Crippen LogP contribution in [0.25, 0.3) is 10.9 Å². The normalized spacial score (nSPS) is 16.4. The minimum absolute atomic E-state index is 0.102. The zero-order valence-corrected chi connectivity index (χ0v) is 14.6. The molecule has 26 heavy (non-hydrogen) atoms. The van der Waals surface area contributed by atoms with Gasteiger partial charge in [0, 0.05) is 42.0 Å². The minimum Gasteiger partial charge on any atom is -0.420 e. The van der Waals surface area contributed by atoms with Crippen molar-refractivity contribution in [2.45, 2.75) is 19.4 Å². The average molecular weight is 349 g/mol. The number of benzene rings is 1. The standard InChI is InChI=1S/C19H19N5O2/c1-11-16-17(13(9-20)18(21)26-19(16)23-22-11)14-10-24(7-8-25-2)15-6-4-3-5-12(14)15/h3-6,10,17H,7-8,21H2,1-2H3,(H,22,23)/t17-/m0/s1. The van der Waals surface area contributed by atoms with E-state index in [4.69, 9.17) is 15.2 Å². The van der Waals surface area contributed by atoms with Crippen LogP contribution in [-0.2, 0) is 11.3 Å². The molecule has 0 bridgehead atoms. The molecule has 3 aromatic rings. The monoisotopic (exact) mass is 349 g/mol. The summed E-state index contributed by atoms with van der Waals surface area (Å²) < 4.78 is 12.9. The van der Waals surface area contributed by atoms with E-state index >= 15 is 0 Å². The van der Waals surface area contributed by atoms with Crippen LogP contribution in [0.5, 0.6) is 5.88 Å². The van der Waals surface area contributed by atoms with Gasteiger partial charge in [0.1, 0.15) is 11.6 Å². The van der Waals surface area contributed by atoms with E-state index in [1.54, 1.807) is 7.11 Å². The fraction of sp³-hybridized carbons (Fsp3) is 0.263. The van der Waals surface area contributed by atoms with Crippen molar-refractivity contribution in [1.82, 2.24) is 14.8 Å². The summed E-state index contributed by atoms with van der Waals surface area (Å²) in [5, 5.41) is 17.9. The van der Waals surface area contributed by atoms with Gasteiger partial charge < -0.3 is 19.8 Å². The van der Waals surface area contributed by atoms with Crippen molar-refractivity contribution in [3.63, 3.8) is 0 Å². The largest absolute Gasteiger partial charge is 0.420 e. The molecule has 0 aliphatic carbocycles. The Labute approximate surface area is 150 Å². The van der Waals surface area contributed by atoms with Crippen LogP contribution >= 0.6 is 0 Å². The Bertz CT molecular complexity index is 1050. The van der Waals surface area contributed by atoms with Crippen molar-refractivity contribution in [2.75, 3.05) is 13.7 Å². The number of fused-ring (bicyclic) bond motifs is 2. The number of hydrogen-bond donors (Lipinski definition) is 2. The van der Waals surface area contributed by atoms with Crippen LogP contribution in [0.2, 0.25) is 0 Å². The third kappa shape index (κ3) is 2.35. The number of aryl methyl sites for hydroxylation is 1. The summed E-state index contributed by atoms with van der Waals surface area (Å²) in [5.74, 6) is 0.208. The molecule has 0 radical (unpaired) electrons. The second-order valence-corrected chi connectivity index (χ2v) is 6.28. The number of methoxy groups -OCH3 is 1. The number of para-hydroxylation sites is 1. The summed E-state index contributed by atoms with van der Waals surface area (Å²) in [5.41, 5.74) is 10.2. The van der Waals surface area contributed by atoms with E-state index in [-0.39, 0.29) is 11.8 Å². The molecule has 1 aromatic carbocycles. The zero-order valence-electron chi connectivity index (χ0n) is 14.6. The van der Waals surface area contributed by atoms with E-state index in [0.717, 1.165) is 34.3 Å². The van der Waals surface area contributed by atoms with E-state index in [1.165, 1.54) is 0 Å². The maximum atomic E-state index is 9.74. The van der Waals surface area contributed by atoms with Crippen LogP contribution in [0.4, 0.5) is 0 Å². The van der Waals surface area contributed by atoms with E-state index in [9.17, 15) is 5.26 Å². The van der Waals surface area contributed by atoms with Gasteiger partial charge in [0.2, 0.25) is 11.8 Å². The highest BCUT2D eigenvalue weighted by molar-refractivity contribution is 5.86. The summed E-state index contributed by atoms with van der Waals surface area (Å²) in [6.07, 6.45) is 2.07. The van der Waals surface area contributed by atoms with Crippen molar-refractivity contribution in [3.05, 3.63) is 58.7 Å². The lowest BCUT2D eigenvalue weighted by Crippen LogP contribution is -2.21. The number of nitriles is 1. The minimum atomic E-state index is -0.323. The van der Waals surface area contributed by atoms with Gasteiger partial charge in [-0.1, -0.05) is 18.2 Å². The van der Waals surface area contributed by atoms with E-state index in [0.29, 0.717) is 18.1 Å². The summed E-state index contributed by atoms with van der Waals surface area (Å²) >= 11 is 0. The Morgan fingerprint density at radius 2 is 2.23 bits per heavy atom. The molecule has 4 rings (SSSR count). The zero-order chi connectivity index (χ0) is 18.3. The Morgan fingerprint density at radius 3 is 3.00 bits per heavy atom. The fourth-order valence-corrected chi connectivity index (χ4v) is 3.59. The highest BCUT2D eigenvalue weighted by Gasteiger charge is 2.35. The van der Waals surface area contributed by atoms with Crippen LogP contribution in [0.3, 0.4) is 0 Å². The van der Waals surface area contributed by atoms with Gasteiger partial charge in [-0.15, -0.1) is 5.10 Å². The van der Waals surface area contributed by atoms with Crippen molar-refractivity contribution >= 4 is 10.9 Å². The molecule has 7 heteroatoms. The third-order valence-electron chi connectivity index (χ3n) is 4.80. The topological polar surface area (TPSA) is 102 Å². The average Bonchev–Trinajstić information content (AvgIpc) is 3.20. The lowest BCUT2D eigenvalue weighted by Gasteiger charge is -2.23. The molecular formula is C19H19N5O2. The summed E-state index contributed by atoms with van der Waals surface area (Å²) in [6.45, 7) is 3.24. The number of allylic oxidation sites excluding steroid dienone is 1. The number of nitrogens with one attached hydrogen (secondary N) is 1. The molecule has 0 fully saturated rings. The van der Waals surface area contributed by atoms with Gasteiger partial charge in [-0.25, -0.2) is 0 Å². The van der Waals surface area contributed by atoms with Crippen molar-refractivity contribution in [1.29, 1.82) is 5.26 Å². The Balaban J connectivity index is 1.97. The number of aromatic amines is 1. The van der Waals surface area contributed by atoms with Crippen molar-refractivity contribution in [3.8, 4) is 11.9 Å². The van der Waals surface area contributed by atoms with Crippen molar-refractivity contribution in [2.24, 2.45) is 5.73 Å². The van der Waals surface area contributed by atoms with Crippen LogP contribution in [0, 0.1) is 18.3 Å². The molecule has 1 aliphatic heterocycles. The molecule has 0 saturated heterocycles. The quantitative estimate of drug-likeness (QED) is 0.753. The molecule has 0 amide bonds. The highest BCUT2D eigenvalue weighted by Crippen LogP contribution is 2.45. The van der Waals surface area contributed by atoms with Crippen LogP contribution in [-0.4, -0.2) is 28.5 Å². The van der Waals surface area contributed by atoms with Crippen molar-refractivity contribution < 1.29 is 9.47 Å². The number of nitrogens with two attached hydrogens (primary N) is 1. The van der Waals surface area contributed by atoms with Crippen LogP contribution in [0.1, 0.15) is 22.7 Å².